The maximum atomic E-state index is 11.6. The lowest BCUT2D eigenvalue weighted by Crippen LogP contribution is -2.34. The van der Waals surface area contributed by atoms with Crippen LogP contribution in [0.1, 0.15) is 0 Å². The van der Waals surface area contributed by atoms with Gasteiger partial charge in [0, 0.05) is 51.3 Å². The number of aromatic nitrogens is 3. The van der Waals surface area contributed by atoms with E-state index in [1.165, 1.54) is 21.3 Å². The molecular formula is C23H25N5O2S. The average molecular weight is 436 g/mol. The van der Waals surface area contributed by atoms with Gasteiger partial charge in [-0.05, 0) is 29.0 Å². The number of hydrogen-bond donors (Lipinski definition) is 0. The van der Waals surface area contributed by atoms with Gasteiger partial charge in [-0.3, -0.25) is 4.57 Å². The van der Waals surface area contributed by atoms with Crippen molar-refractivity contribution >= 4 is 26.5 Å². The maximum Gasteiger partial charge on any atom is 0.234 e. The zero-order valence-electron chi connectivity index (χ0n) is 17.8. The van der Waals surface area contributed by atoms with Gasteiger partial charge in [-0.15, -0.1) is 0 Å². The Labute approximate surface area is 182 Å². The third-order valence-electron chi connectivity index (χ3n) is 5.35. The fourth-order valence-electron chi connectivity index (χ4n) is 3.30. The number of nitrogens with zero attached hydrogens (tertiary/aromatic N) is 5. The van der Waals surface area contributed by atoms with E-state index in [0.29, 0.717) is 19.0 Å². The first-order valence-corrected chi connectivity index (χ1v) is 11.8. The minimum Gasteiger partial charge on any atom is -0.372 e. The average Bonchev–Trinajstić information content (AvgIpc) is 3.27. The van der Waals surface area contributed by atoms with Crippen molar-refractivity contribution < 1.29 is 8.42 Å². The molecule has 0 aliphatic heterocycles. The van der Waals surface area contributed by atoms with Crippen LogP contribution in [-0.2, 0) is 10.0 Å². The Kier molecular flexibility index (Phi) is 5.75. The van der Waals surface area contributed by atoms with Crippen LogP contribution >= 0.6 is 0 Å². The number of hydrogen-bond acceptors (Lipinski definition) is 5. The van der Waals surface area contributed by atoms with Gasteiger partial charge in [0.05, 0.1) is 17.6 Å². The Morgan fingerprint density at radius 3 is 2.52 bits per heavy atom. The summed E-state index contributed by atoms with van der Waals surface area (Å²) in [6.07, 6.45) is 6.83. The molecule has 0 spiro atoms. The molecule has 8 heteroatoms. The highest BCUT2D eigenvalue weighted by molar-refractivity contribution is 7.88. The van der Waals surface area contributed by atoms with Gasteiger partial charge >= 0.3 is 0 Å². The molecule has 4 rings (SSSR count). The van der Waals surface area contributed by atoms with Gasteiger partial charge in [-0.1, -0.05) is 36.4 Å². The van der Waals surface area contributed by atoms with Crippen molar-refractivity contribution in [3.63, 3.8) is 0 Å². The summed E-state index contributed by atoms with van der Waals surface area (Å²) in [6, 6.07) is 18.4. The molecule has 2 aromatic heterocycles. The van der Waals surface area contributed by atoms with Crippen LogP contribution in [-0.4, -0.2) is 60.7 Å². The van der Waals surface area contributed by atoms with E-state index in [1.54, 1.807) is 13.2 Å². The molecule has 0 radical (unpaired) electrons. The molecule has 0 N–H and O–H groups in total. The quantitative estimate of drug-likeness (QED) is 0.445. The van der Waals surface area contributed by atoms with E-state index in [2.05, 4.69) is 35.3 Å². The predicted molar refractivity (Wildman–Crippen MR) is 125 cm³/mol. The first kappa shape index (κ1) is 21.0. The molecule has 2 heterocycles. The molecular weight excluding hydrogens is 410 g/mol. The zero-order chi connectivity index (χ0) is 22.0. The predicted octanol–water partition coefficient (Wildman–Crippen LogP) is 3.42. The third kappa shape index (κ3) is 4.76. The zero-order valence-corrected chi connectivity index (χ0v) is 18.6. The molecule has 4 aromatic rings. The molecule has 0 aliphatic carbocycles. The second kappa shape index (κ2) is 8.49. The Morgan fingerprint density at radius 2 is 1.74 bits per heavy atom. The van der Waals surface area contributed by atoms with E-state index in [0.717, 1.165) is 16.9 Å². The second-order valence-corrected chi connectivity index (χ2v) is 9.68. The SMILES string of the molecule is CN(CCN(C)S(C)(=O)=O)c1ccn(-c2nccc(-c3ccc4ccccc4c3)n2)c1. The minimum absolute atomic E-state index is 0.411. The standard InChI is InChI=1S/C23H25N5O2S/c1-26(14-15-27(2)31(3,29)30)21-11-13-28(17-21)23-24-12-10-22(25-23)20-9-8-18-6-4-5-7-19(18)16-20/h4-13,16-17H,14-15H2,1-3H3. The summed E-state index contributed by atoms with van der Waals surface area (Å²) in [7, 11) is 0.335. The fraction of sp³-hybridized carbons (Fsp3) is 0.217. The molecule has 0 amide bonds. The lowest BCUT2D eigenvalue weighted by atomic mass is 10.1. The van der Waals surface area contributed by atoms with Crippen LogP contribution in [0.2, 0.25) is 0 Å². The number of benzene rings is 2. The number of anilines is 1. The Morgan fingerprint density at radius 1 is 0.968 bits per heavy atom. The van der Waals surface area contributed by atoms with Crippen molar-refractivity contribution in [3.05, 3.63) is 73.2 Å². The molecule has 160 valence electrons. The number of likely N-dealkylation sites (N-methyl/N-ethyl adjacent to an activating group) is 2. The second-order valence-electron chi connectivity index (χ2n) is 7.59. The van der Waals surface area contributed by atoms with Crippen LogP contribution in [0, 0.1) is 0 Å². The van der Waals surface area contributed by atoms with Gasteiger partial charge < -0.3 is 4.90 Å². The highest BCUT2D eigenvalue weighted by atomic mass is 32.2. The van der Waals surface area contributed by atoms with Crippen LogP contribution in [0.3, 0.4) is 0 Å². The maximum absolute atomic E-state index is 11.6. The minimum atomic E-state index is -3.18. The van der Waals surface area contributed by atoms with E-state index in [1.807, 2.05) is 53.2 Å². The molecule has 0 aliphatic rings. The lowest BCUT2D eigenvalue weighted by molar-refractivity contribution is 0.479. The summed E-state index contributed by atoms with van der Waals surface area (Å²) in [6.45, 7) is 0.986. The summed E-state index contributed by atoms with van der Waals surface area (Å²) in [4.78, 5) is 11.2. The van der Waals surface area contributed by atoms with E-state index >= 15 is 0 Å². The van der Waals surface area contributed by atoms with Gasteiger partial charge in [0.2, 0.25) is 16.0 Å². The van der Waals surface area contributed by atoms with E-state index in [-0.39, 0.29) is 0 Å². The molecule has 0 saturated carbocycles. The van der Waals surface area contributed by atoms with E-state index in [9.17, 15) is 8.42 Å². The molecule has 0 bridgehead atoms. The van der Waals surface area contributed by atoms with Crippen LogP contribution in [0.25, 0.3) is 28.0 Å². The molecule has 0 fully saturated rings. The Bertz CT molecular complexity index is 1320. The molecule has 0 atom stereocenters. The van der Waals surface area contributed by atoms with E-state index < -0.39 is 10.0 Å². The van der Waals surface area contributed by atoms with Crippen LogP contribution in [0.4, 0.5) is 5.69 Å². The Balaban J connectivity index is 1.54. The van der Waals surface area contributed by atoms with E-state index in [4.69, 9.17) is 4.98 Å². The largest absolute Gasteiger partial charge is 0.372 e. The van der Waals surface area contributed by atoms with Crippen molar-refractivity contribution in [1.82, 2.24) is 18.8 Å². The lowest BCUT2D eigenvalue weighted by Gasteiger charge is -2.21. The fourth-order valence-corrected chi connectivity index (χ4v) is 3.72. The molecule has 31 heavy (non-hydrogen) atoms. The third-order valence-corrected chi connectivity index (χ3v) is 6.67. The van der Waals surface area contributed by atoms with Crippen molar-refractivity contribution in [1.29, 1.82) is 0 Å². The van der Waals surface area contributed by atoms with Gasteiger partial charge in [-0.2, -0.15) is 0 Å². The van der Waals surface area contributed by atoms with Gasteiger partial charge in [0.15, 0.2) is 0 Å². The summed E-state index contributed by atoms with van der Waals surface area (Å²) in [5.74, 6) is 0.582. The molecule has 0 saturated heterocycles. The monoisotopic (exact) mass is 435 g/mol. The number of fused-ring (bicyclic) bond motifs is 1. The summed E-state index contributed by atoms with van der Waals surface area (Å²) in [5.41, 5.74) is 2.85. The van der Waals surface area contributed by atoms with Crippen molar-refractivity contribution in [3.8, 4) is 17.2 Å². The first-order valence-electron chi connectivity index (χ1n) is 9.94. The normalized spacial score (nSPS) is 11.9. The van der Waals surface area contributed by atoms with Crippen molar-refractivity contribution in [2.75, 3.05) is 38.3 Å². The number of sulfonamides is 1. The molecule has 7 nitrogen and oxygen atoms in total. The molecule has 2 aromatic carbocycles. The van der Waals surface area contributed by atoms with Gasteiger partial charge in [-0.25, -0.2) is 22.7 Å². The summed E-state index contributed by atoms with van der Waals surface area (Å²) in [5, 5.41) is 2.37. The highest BCUT2D eigenvalue weighted by Gasteiger charge is 2.13. The van der Waals surface area contributed by atoms with Crippen molar-refractivity contribution in [2.45, 2.75) is 0 Å². The van der Waals surface area contributed by atoms with Crippen LogP contribution in [0.15, 0.2) is 73.2 Å². The molecule has 0 unspecified atom stereocenters. The summed E-state index contributed by atoms with van der Waals surface area (Å²) < 4.78 is 26.4. The van der Waals surface area contributed by atoms with Gasteiger partial charge in [0.1, 0.15) is 0 Å². The Hall–Kier alpha value is -3.23. The van der Waals surface area contributed by atoms with Gasteiger partial charge in [0.25, 0.3) is 0 Å². The highest BCUT2D eigenvalue weighted by Crippen LogP contribution is 2.24. The topological polar surface area (TPSA) is 71.3 Å². The first-order chi connectivity index (χ1) is 14.8. The van der Waals surface area contributed by atoms with Crippen molar-refractivity contribution in [2.24, 2.45) is 0 Å². The summed E-state index contributed by atoms with van der Waals surface area (Å²) >= 11 is 0. The van der Waals surface area contributed by atoms with Crippen LogP contribution < -0.4 is 4.90 Å². The smallest absolute Gasteiger partial charge is 0.234 e. The number of rotatable bonds is 7. The van der Waals surface area contributed by atoms with Crippen LogP contribution in [0.5, 0.6) is 0 Å².